The van der Waals surface area contributed by atoms with E-state index in [9.17, 15) is 9.59 Å². The van der Waals surface area contributed by atoms with Crippen LogP contribution in [0.4, 0.5) is 5.69 Å². The van der Waals surface area contributed by atoms with E-state index < -0.39 is 11.9 Å². The Morgan fingerprint density at radius 3 is 2.64 bits per heavy atom. The van der Waals surface area contributed by atoms with Crippen molar-refractivity contribution in [3.8, 4) is 5.75 Å². The van der Waals surface area contributed by atoms with E-state index >= 15 is 0 Å². The van der Waals surface area contributed by atoms with E-state index in [0.29, 0.717) is 16.5 Å². The maximum absolute atomic E-state index is 11.9. The van der Waals surface area contributed by atoms with Crippen molar-refractivity contribution in [2.75, 3.05) is 18.5 Å². The van der Waals surface area contributed by atoms with E-state index in [-0.39, 0.29) is 19.6 Å². The smallest absolute Gasteiger partial charge is 0.309 e. The summed E-state index contributed by atoms with van der Waals surface area (Å²) in [5, 5.41) is 3.22. The number of carbonyl (C=O) groups is 2. The predicted molar refractivity (Wildman–Crippen MR) is 97.1 cm³/mol. The van der Waals surface area contributed by atoms with Gasteiger partial charge in [0.2, 0.25) is 0 Å². The van der Waals surface area contributed by atoms with Gasteiger partial charge in [0, 0.05) is 10.7 Å². The molecule has 6 heteroatoms. The van der Waals surface area contributed by atoms with Gasteiger partial charge in [-0.25, -0.2) is 0 Å². The van der Waals surface area contributed by atoms with Crippen LogP contribution in [0.2, 0.25) is 5.02 Å². The average molecular weight is 362 g/mol. The van der Waals surface area contributed by atoms with Crippen molar-refractivity contribution in [3.63, 3.8) is 0 Å². The average Bonchev–Trinajstić information content (AvgIpc) is 2.57. The first-order chi connectivity index (χ1) is 12.0. The van der Waals surface area contributed by atoms with Gasteiger partial charge in [0.15, 0.2) is 6.61 Å². The first kappa shape index (κ1) is 18.8. The van der Waals surface area contributed by atoms with Crippen LogP contribution in [0, 0.1) is 13.8 Å². The number of esters is 1. The van der Waals surface area contributed by atoms with Gasteiger partial charge in [-0.2, -0.15) is 0 Å². The molecule has 0 aliphatic rings. The van der Waals surface area contributed by atoms with Crippen LogP contribution in [0.15, 0.2) is 42.5 Å². The molecule has 0 aliphatic heterocycles. The Kier molecular flexibility index (Phi) is 6.83. The Balaban J connectivity index is 1.70. The minimum atomic E-state index is -0.495. The lowest BCUT2D eigenvalue weighted by atomic mass is 10.2. The van der Waals surface area contributed by atoms with Gasteiger partial charge in [-0.15, -0.1) is 0 Å². The Labute approximate surface area is 151 Å². The van der Waals surface area contributed by atoms with Crippen LogP contribution in [0.25, 0.3) is 0 Å². The van der Waals surface area contributed by atoms with Crippen LogP contribution < -0.4 is 10.1 Å². The minimum absolute atomic E-state index is 0.0669. The van der Waals surface area contributed by atoms with E-state index in [4.69, 9.17) is 21.1 Å². The molecule has 0 unspecified atom stereocenters. The van der Waals surface area contributed by atoms with Crippen LogP contribution >= 0.6 is 11.6 Å². The molecule has 0 atom stereocenters. The van der Waals surface area contributed by atoms with Gasteiger partial charge in [0.1, 0.15) is 5.75 Å². The predicted octanol–water partition coefficient (Wildman–Crippen LogP) is 3.91. The van der Waals surface area contributed by atoms with E-state index in [1.807, 2.05) is 31.2 Å². The Bertz CT molecular complexity index is 761. The summed E-state index contributed by atoms with van der Waals surface area (Å²) in [4.78, 5) is 23.5. The van der Waals surface area contributed by atoms with Gasteiger partial charge in [-0.3, -0.25) is 9.59 Å². The van der Waals surface area contributed by atoms with Crippen molar-refractivity contribution < 1.29 is 19.1 Å². The van der Waals surface area contributed by atoms with Crippen molar-refractivity contribution in [2.45, 2.75) is 20.3 Å². The molecular formula is C19H20ClNO4. The molecule has 0 aromatic heterocycles. The van der Waals surface area contributed by atoms with Gasteiger partial charge in [-0.05, 0) is 49.2 Å². The third-order valence-electron chi connectivity index (χ3n) is 3.47. The largest absolute Gasteiger partial charge is 0.493 e. The van der Waals surface area contributed by atoms with Gasteiger partial charge >= 0.3 is 5.97 Å². The van der Waals surface area contributed by atoms with Crippen molar-refractivity contribution >= 4 is 29.2 Å². The van der Waals surface area contributed by atoms with Crippen LogP contribution in [-0.2, 0) is 14.3 Å². The number of hydrogen-bond acceptors (Lipinski definition) is 4. The maximum atomic E-state index is 11.9. The van der Waals surface area contributed by atoms with E-state index in [1.165, 1.54) is 0 Å². The standard InChI is InChI=1S/C19H20ClNO4/c1-13-5-3-6-15(11-13)24-10-9-19(23)25-12-18(22)21-17-8-4-7-16(20)14(17)2/h3-8,11H,9-10,12H2,1-2H3,(H,21,22). The number of anilines is 1. The summed E-state index contributed by atoms with van der Waals surface area (Å²) in [6.45, 7) is 3.60. The molecule has 0 spiro atoms. The van der Waals surface area contributed by atoms with Gasteiger partial charge in [0.25, 0.3) is 5.91 Å². The van der Waals surface area contributed by atoms with Gasteiger partial charge < -0.3 is 14.8 Å². The second-order valence-corrected chi connectivity index (χ2v) is 5.94. The minimum Gasteiger partial charge on any atom is -0.493 e. The molecule has 2 aromatic carbocycles. The fourth-order valence-corrected chi connectivity index (χ4v) is 2.28. The van der Waals surface area contributed by atoms with E-state index in [0.717, 1.165) is 11.1 Å². The highest BCUT2D eigenvalue weighted by Crippen LogP contribution is 2.22. The number of nitrogens with one attached hydrogen (secondary N) is 1. The summed E-state index contributed by atoms with van der Waals surface area (Å²) >= 11 is 5.99. The number of hydrogen-bond donors (Lipinski definition) is 1. The molecule has 0 bridgehead atoms. The second kappa shape index (κ2) is 9.08. The third kappa shape index (κ3) is 6.12. The molecule has 1 N–H and O–H groups in total. The number of carbonyl (C=O) groups excluding carboxylic acids is 2. The lowest BCUT2D eigenvalue weighted by Crippen LogP contribution is -2.22. The Morgan fingerprint density at radius 2 is 1.88 bits per heavy atom. The molecule has 0 aliphatic carbocycles. The molecule has 0 radical (unpaired) electrons. The summed E-state index contributed by atoms with van der Waals surface area (Å²) in [7, 11) is 0. The van der Waals surface area contributed by atoms with Crippen molar-refractivity contribution in [2.24, 2.45) is 0 Å². The first-order valence-electron chi connectivity index (χ1n) is 7.86. The number of benzene rings is 2. The van der Waals surface area contributed by atoms with Crippen LogP contribution in [0.3, 0.4) is 0 Å². The summed E-state index contributed by atoms with van der Waals surface area (Å²) in [6.07, 6.45) is 0.0669. The highest BCUT2D eigenvalue weighted by atomic mass is 35.5. The number of aryl methyl sites for hydroxylation is 1. The highest BCUT2D eigenvalue weighted by molar-refractivity contribution is 6.31. The van der Waals surface area contributed by atoms with Crippen LogP contribution in [0.1, 0.15) is 17.5 Å². The van der Waals surface area contributed by atoms with Gasteiger partial charge in [-0.1, -0.05) is 29.8 Å². The molecule has 1 amide bonds. The topological polar surface area (TPSA) is 64.6 Å². The van der Waals surface area contributed by atoms with Crippen molar-refractivity contribution in [1.29, 1.82) is 0 Å². The van der Waals surface area contributed by atoms with Crippen molar-refractivity contribution in [1.82, 2.24) is 0 Å². The summed E-state index contributed by atoms with van der Waals surface area (Å²) < 4.78 is 10.4. The molecule has 2 aromatic rings. The molecule has 25 heavy (non-hydrogen) atoms. The zero-order valence-electron chi connectivity index (χ0n) is 14.2. The number of rotatable bonds is 7. The number of ether oxygens (including phenoxy) is 2. The van der Waals surface area contributed by atoms with E-state index in [1.54, 1.807) is 25.1 Å². The lowest BCUT2D eigenvalue weighted by Gasteiger charge is -2.10. The summed E-state index contributed by atoms with van der Waals surface area (Å²) in [6, 6.07) is 12.7. The molecular weight excluding hydrogens is 342 g/mol. The summed E-state index contributed by atoms with van der Waals surface area (Å²) in [5.74, 6) is -0.217. The normalized spacial score (nSPS) is 10.2. The number of amides is 1. The Hall–Kier alpha value is -2.53. The second-order valence-electron chi connectivity index (χ2n) is 5.54. The first-order valence-corrected chi connectivity index (χ1v) is 8.23. The Morgan fingerprint density at radius 1 is 1.12 bits per heavy atom. The molecule has 2 rings (SSSR count). The van der Waals surface area contributed by atoms with Crippen LogP contribution in [0.5, 0.6) is 5.75 Å². The molecule has 132 valence electrons. The van der Waals surface area contributed by atoms with Gasteiger partial charge in [0.05, 0.1) is 13.0 Å². The molecule has 0 saturated carbocycles. The van der Waals surface area contributed by atoms with E-state index in [2.05, 4.69) is 5.32 Å². The molecule has 0 saturated heterocycles. The highest BCUT2D eigenvalue weighted by Gasteiger charge is 2.10. The monoisotopic (exact) mass is 361 g/mol. The zero-order chi connectivity index (χ0) is 18.2. The molecule has 5 nitrogen and oxygen atoms in total. The number of halogens is 1. The SMILES string of the molecule is Cc1cccc(OCCC(=O)OCC(=O)Nc2cccc(Cl)c2C)c1. The molecule has 0 fully saturated rings. The summed E-state index contributed by atoms with van der Waals surface area (Å²) in [5.41, 5.74) is 2.43. The van der Waals surface area contributed by atoms with Crippen molar-refractivity contribution in [3.05, 3.63) is 58.6 Å². The third-order valence-corrected chi connectivity index (χ3v) is 3.88. The quantitative estimate of drug-likeness (QED) is 0.759. The zero-order valence-corrected chi connectivity index (χ0v) is 14.9. The fourth-order valence-electron chi connectivity index (χ4n) is 2.10. The lowest BCUT2D eigenvalue weighted by molar-refractivity contribution is -0.147. The van der Waals surface area contributed by atoms with Crippen LogP contribution in [-0.4, -0.2) is 25.1 Å². The fraction of sp³-hybridized carbons (Fsp3) is 0.263. The molecule has 0 heterocycles. The maximum Gasteiger partial charge on any atom is 0.309 e.